The molecule has 1 amide bonds. The molecule has 1 aromatic rings. The van der Waals surface area contributed by atoms with Crippen LogP contribution >= 0.6 is 0 Å². The average molecular weight is 446 g/mol. The van der Waals surface area contributed by atoms with Gasteiger partial charge in [0.15, 0.2) is 0 Å². The highest BCUT2D eigenvalue weighted by Crippen LogP contribution is 2.33. The Bertz CT molecular complexity index is 1090. The fraction of sp³-hybridized carbons (Fsp3) is 0.393. The number of rotatable bonds is 4. The van der Waals surface area contributed by atoms with Crippen molar-refractivity contribution in [3.63, 3.8) is 0 Å². The molecule has 0 saturated carbocycles. The van der Waals surface area contributed by atoms with Crippen molar-refractivity contribution in [1.82, 2.24) is 14.7 Å². The van der Waals surface area contributed by atoms with Crippen LogP contribution in [0.2, 0.25) is 0 Å². The second kappa shape index (κ2) is 9.44. The van der Waals surface area contributed by atoms with E-state index in [2.05, 4.69) is 56.7 Å². The van der Waals surface area contributed by atoms with Gasteiger partial charge in [0.1, 0.15) is 5.75 Å². The third-order valence-corrected chi connectivity index (χ3v) is 6.85. The molecule has 33 heavy (non-hydrogen) atoms. The van der Waals surface area contributed by atoms with E-state index in [1.807, 2.05) is 36.6 Å². The van der Waals surface area contributed by atoms with Crippen LogP contribution in [0.1, 0.15) is 44.7 Å². The van der Waals surface area contributed by atoms with Gasteiger partial charge in [-0.25, -0.2) is 0 Å². The zero-order chi connectivity index (χ0) is 23.7. The quantitative estimate of drug-likeness (QED) is 0.659. The first-order chi connectivity index (χ1) is 15.8. The highest BCUT2D eigenvalue weighted by molar-refractivity contribution is 6.00. The summed E-state index contributed by atoms with van der Waals surface area (Å²) in [5.41, 5.74) is 6.18. The summed E-state index contributed by atoms with van der Waals surface area (Å²) in [6.07, 6.45) is 12.0. The minimum absolute atomic E-state index is 0.0327. The number of allylic oxidation sites excluding steroid dienone is 6. The van der Waals surface area contributed by atoms with Crippen molar-refractivity contribution in [2.45, 2.75) is 39.7 Å². The van der Waals surface area contributed by atoms with Gasteiger partial charge in [-0.2, -0.15) is 0 Å². The molecule has 1 atom stereocenters. The predicted octanol–water partition coefficient (Wildman–Crippen LogP) is 4.92. The van der Waals surface area contributed by atoms with Gasteiger partial charge in [0.05, 0.1) is 18.5 Å². The van der Waals surface area contributed by atoms with E-state index in [9.17, 15) is 4.79 Å². The van der Waals surface area contributed by atoms with Crippen molar-refractivity contribution in [3.8, 4) is 5.75 Å². The average Bonchev–Trinajstić information content (AvgIpc) is 2.79. The van der Waals surface area contributed by atoms with Crippen LogP contribution in [0.5, 0.6) is 5.75 Å². The summed E-state index contributed by atoms with van der Waals surface area (Å²) in [5, 5.41) is 0. The molecule has 3 aliphatic heterocycles. The van der Waals surface area contributed by atoms with Gasteiger partial charge >= 0.3 is 0 Å². The molecule has 4 rings (SSSR count). The number of benzene rings is 1. The molecule has 5 heteroatoms. The van der Waals surface area contributed by atoms with Gasteiger partial charge < -0.3 is 14.5 Å². The molecule has 3 heterocycles. The number of hydrogen-bond acceptors (Lipinski definition) is 4. The summed E-state index contributed by atoms with van der Waals surface area (Å²) in [5.74, 6) is 1.17. The Balaban J connectivity index is 1.68. The van der Waals surface area contributed by atoms with E-state index in [0.717, 1.165) is 59.1 Å². The lowest BCUT2D eigenvalue weighted by Crippen LogP contribution is -2.49. The molecule has 0 radical (unpaired) electrons. The Kier molecular flexibility index (Phi) is 6.61. The molecule has 0 unspecified atom stereocenters. The van der Waals surface area contributed by atoms with E-state index in [1.165, 1.54) is 0 Å². The number of fused-ring (bicyclic) bond motifs is 1. The number of likely N-dealkylation sites (N-methyl/N-ethyl adjacent to an activating group) is 1. The summed E-state index contributed by atoms with van der Waals surface area (Å²) < 4.78 is 5.54. The van der Waals surface area contributed by atoms with Gasteiger partial charge in [-0.1, -0.05) is 32.1 Å². The fourth-order valence-corrected chi connectivity index (χ4v) is 4.61. The summed E-state index contributed by atoms with van der Waals surface area (Å²) >= 11 is 0. The van der Waals surface area contributed by atoms with E-state index in [4.69, 9.17) is 4.74 Å². The number of nitrogens with zero attached hydrogens (tertiary/aromatic N) is 3. The van der Waals surface area contributed by atoms with E-state index in [1.54, 1.807) is 18.1 Å². The second-order valence-electron chi connectivity index (χ2n) is 9.49. The third-order valence-electron chi connectivity index (χ3n) is 6.85. The maximum absolute atomic E-state index is 13.5. The Hall–Kier alpha value is -3.05. The molecule has 0 spiro atoms. The van der Waals surface area contributed by atoms with Crippen molar-refractivity contribution in [3.05, 3.63) is 82.9 Å². The van der Waals surface area contributed by atoms with Crippen LogP contribution in [0, 0.1) is 0 Å². The van der Waals surface area contributed by atoms with E-state index < -0.39 is 0 Å². The van der Waals surface area contributed by atoms with Crippen LogP contribution in [-0.2, 0) is 4.79 Å². The first-order valence-corrected chi connectivity index (χ1v) is 11.8. The van der Waals surface area contributed by atoms with Crippen molar-refractivity contribution in [2.24, 2.45) is 0 Å². The molecule has 1 saturated heterocycles. The van der Waals surface area contributed by atoms with Crippen LogP contribution in [0.25, 0.3) is 5.57 Å². The van der Waals surface area contributed by atoms with Crippen molar-refractivity contribution in [2.75, 3.05) is 33.8 Å². The minimum atomic E-state index is -0.0327. The third kappa shape index (κ3) is 4.69. The van der Waals surface area contributed by atoms with Crippen LogP contribution in [0.3, 0.4) is 0 Å². The number of methoxy groups -OCH3 is 1. The molecule has 174 valence electrons. The molecule has 5 nitrogen and oxygen atoms in total. The highest BCUT2D eigenvalue weighted by Gasteiger charge is 2.27. The number of carbonyl (C=O) groups is 1. The fourth-order valence-electron chi connectivity index (χ4n) is 4.61. The normalized spacial score (nSPS) is 25.8. The van der Waals surface area contributed by atoms with Gasteiger partial charge in [-0.05, 0) is 73.4 Å². The van der Waals surface area contributed by atoms with Gasteiger partial charge in [0.2, 0.25) is 0 Å². The Morgan fingerprint density at radius 1 is 1.15 bits per heavy atom. The molecule has 0 aromatic heterocycles. The number of amides is 1. The number of hydrogen-bond donors (Lipinski definition) is 0. The Labute approximate surface area is 198 Å². The van der Waals surface area contributed by atoms with Crippen molar-refractivity contribution in [1.29, 1.82) is 0 Å². The number of piperazine rings is 1. The van der Waals surface area contributed by atoms with Crippen molar-refractivity contribution < 1.29 is 9.53 Å². The lowest BCUT2D eigenvalue weighted by atomic mass is 9.95. The highest BCUT2D eigenvalue weighted by atomic mass is 16.5. The van der Waals surface area contributed by atoms with Crippen LogP contribution in [0.15, 0.2) is 71.7 Å². The largest absolute Gasteiger partial charge is 0.496 e. The molecule has 3 aliphatic rings. The maximum Gasteiger partial charge on any atom is 0.255 e. The first kappa shape index (κ1) is 23.1. The lowest BCUT2D eigenvalue weighted by Gasteiger charge is -2.41. The standard InChI is InChI=1S/C28H35N3O2/c1-19(2)25-15-23(10-11-27(25)33-6)22-8-7-9-26-20(3)14-24(18-31(26)28(32)16-22)30-13-12-29(5)21(4)17-30/h7-11,14-16,18-19,21H,12-13,17H2,1-6H3/b8-7+,22-16+,26-9+/t21-/m1/s1. The molecule has 1 fully saturated rings. The van der Waals surface area contributed by atoms with Crippen molar-refractivity contribution >= 4 is 11.5 Å². The summed E-state index contributed by atoms with van der Waals surface area (Å²) in [6.45, 7) is 11.6. The number of carbonyl (C=O) groups excluding carboxylic acids is 1. The lowest BCUT2D eigenvalue weighted by molar-refractivity contribution is -0.122. The second-order valence-corrected chi connectivity index (χ2v) is 9.49. The van der Waals surface area contributed by atoms with Gasteiger partial charge in [0, 0.05) is 38.0 Å². The van der Waals surface area contributed by atoms with E-state index in [0.29, 0.717) is 12.0 Å². The molecule has 0 N–H and O–H groups in total. The molecule has 1 aromatic carbocycles. The van der Waals surface area contributed by atoms with E-state index >= 15 is 0 Å². The predicted molar refractivity (Wildman–Crippen MR) is 135 cm³/mol. The summed E-state index contributed by atoms with van der Waals surface area (Å²) in [7, 11) is 3.87. The minimum Gasteiger partial charge on any atom is -0.496 e. The SMILES string of the molecule is COc1ccc(C2=C\C(=O)N3C=C(N4CCN(C)[C@H](C)C4)C=C(C)\C3=C/C=C/2)cc1C(C)C. The molecular weight excluding hydrogens is 410 g/mol. The van der Waals surface area contributed by atoms with Crippen LogP contribution in [-0.4, -0.2) is 60.4 Å². The zero-order valence-corrected chi connectivity index (χ0v) is 20.6. The molecular formula is C28H35N3O2. The Morgan fingerprint density at radius 3 is 2.64 bits per heavy atom. The summed E-state index contributed by atoms with van der Waals surface area (Å²) in [4.78, 5) is 20.0. The van der Waals surface area contributed by atoms with E-state index in [-0.39, 0.29) is 5.91 Å². The topological polar surface area (TPSA) is 36.0 Å². The monoisotopic (exact) mass is 445 g/mol. The van der Waals surface area contributed by atoms with Gasteiger partial charge in [0.25, 0.3) is 5.91 Å². The summed E-state index contributed by atoms with van der Waals surface area (Å²) in [6, 6.07) is 6.62. The maximum atomic E-state index is 13.5. The van der Waals surface area contributed by atoms with Gasteiger partial charge in [-0.3, -0.25) is 9.69 Å². The first-order valence-electron chi connectivity index (χ1n) is 11.8. The Morgan fingerprint density at radius 2 is 1.94 bits per heavy atom. The molecule has 0 bridgehead atoms. The smallest absolute Gasteiger partial charge is 0.255 e. The van der Waals surface area contributed by atoms with Gasteiger partial charge in [-0.15, -0.1) is 0 Å². The zero-order valence-electron chi connectivity index (χ0n) is 20.6. The van der Waals surface area contributed by atoms with Crippen LogP contribution < -0.4 is 4.74 Å². The number of ether oxygens (including phenoxy) is 1. The molecule has 0 aliphatic carbocycles. The van der Waals surface area contributed by atoms with Crippen LogP contribution in [0.4, 0.5) is 0 Å².